The van der Waals surface area contributed by atoms with E-state index in [2.05, 4.69) is 15.5 Å². The van der Waals surface area contributed by atoms with Crippen LogP contribution in [0.25, 0.3) is 0 Å². The van der Waals surface area contributed by atoms with Gasteiger partial charge in [-0.1, -0.05) is 40.7 Å². The van der Waals surface area contributed by atoms with Crippen molar-refractivity contribution in [3.63, 3.8) is 0 Å². The molecule has 5 nitrogen and oxygen atoms in total. The summed E-state index contributed by atoms with van der Waals surface area (Å²) >= 11 is 0. The van der Waals surface area contributed by atoms with Crippen LogP contribution in [-0.2, 0) is 6.54 Å². The van der Waals surface area contributed by atoms with E-state index < -0.39 is 6.04 Å². The number of aromatic nitrogens is 3. The molecule has 1 heterocycles. The van der Waals surface area contributed by atoms with E-state index in [0.717, 1.165) is 5.56 Å². The Bertz CT molecular complexity index is 412. The Hall–Kier alpha value is -2.04. The number of hydrogen-bond donors (Lipinski definition) is 0. The van der Waals surface area contributed by atoms with Gasteiger partial charge in [-0.25, -0.2) is 4.68 Å². The van der Waals surface area contributed by atoms with Crippen LogP contribution in [0.4, 0.5) is 0 Å². The number of hydrogen-bond acceptors (Lipinski definition) is 4. The molecule has 15 heavy (non-hydrogen) atoms. The molecule has 0 N–H and O–H groups in total. The Kier molecular flexibility index (Phi) is 2.82. The highest BCUT2D eigenvalue weighted by Gasteiger charge is 2.12. The van der Waals surface area contributed by atoms with Crippen LogP contribution in [0.3, 0.4) is 0 Å². The molecule has 76 valence electrons. The highest BCUT2D eigenvalue weighted by atomic mass is 16.3. The molecule has 0 saturated carbocycles. The minimum absolute atomic E-state index is 0.409. The predicted molar refractivity (Wildman–Crippen MR) is 55.0 cm³/mol. The van der Waals surface area contributed by atoms with Crippen LogP contribution in [0.5, 0.6) is 0 Å². The Morgan fingerprint density at radius 3 is 2.73 bits per heavy atom. The van der Waals surface area contributed by atoms with Gasteiger partial charge in [0.2, 0.25) is 0 Å². The van der Waals surface area contributed by atoms with Crippen LogP contribution in [0.15, 0.2) is 47.9 Å². The maximum Gasteiger partial charge on any atom is 0.136 e. The third-order valence-electron chi connectivity index (χ3n) is 2.14. The monoisotopic (exact) mass is 202 g/mol. The smallest absolute Gasteiger partial charge is 0.136 e. The predicted octanol–water partition coefficient (Wildman–Crippen LogP) is 1.79. The van der Waals surface area contributed by atoms with Crippen molar-refractivity contribution in [1.82, 2.24) is 15.0 Å². The van der Waals surface area contributed by atoms with Gasteiger partial charge < -0.3 is 0 Å². The fraction of sp³-hybridized carbons (Fsp3) is 0.200. The summed E-state index contributed by atoms with van der Waals surface area (Å²) in [6.07, 6.45) is 3.29. The van der Waals surface area contributed by atoms with E-state index in [4.69, 9.17) is 0 Å². The van der Waals surface area contributed by atoms with Gasteiger partial charge in [-0.2, -0.15) is 4.91 Å². The fourth-order valence-corrected chi connectivity index (χ4v) is 1.38. The van der Waals surface area contributed by atoms with Gasteiger partial charge in [0.05, 0.1) is 12.7 Å². The van der Waals surface area contributed by atoms with Crippen LogP contribution in [0.2, 0.25) is 0 Å². The minimum atomic E-state index is -0.409. The molecule has 0 saturated heterocycles. The second kappa shape index (κ2) is 4.45. The molecule has 1 unspecified atom stereocenters. The van der Waals surface area contributed by atoms with E-state index in [1.165, 1.54) is 0 Å². The largest absolute Gasteiger partial charge is 0.250 e. The zero-order valence-electron chi connectivity index (χ0n) is 8.02. The zero-order valence-corrected chi connectivity index (χ0v) is 8.02. The van der Waals surface area contributed by atoms with Crippen molar-refractivity contribution in [2.24, 2.45) is 5.18 Å². The SMILES string of the molecule is O=NC(Cn1ccnn1)c1ccccc1. The molecule has 0 aliphatic carbocycles. The molecule has 2 aromatic rings. The minimum Gasteiger partial charge on any atom is -0.250 e. The average molecular weight is 202 g/mol. The first kappa shape index (κ1) is 9.51. The van der Waals surface area contributed by atoms with Crippen LogP contribution in [0.1, 0.15) is 11.6 Å². The topological polar surface area (TPSA) is 60.1 Å². The average Bonchev–Trinajstić information content (AvgIpc) is 2.80. The summed E-state index contributed by atoms with van der Waals surface area (Å²) in [5.41, 5.74) is 0.892. The molecule has 0 radical (unpaired) electrons. The van der Waals surface area contributed by atoms with E-state index >= 15 is 0 Å². The van der Waals surface area contributed by atoms with Gasteiger partial charge in [-0.05, 0) is 5.56 Å². The summed E-state index contributed by atoms with van der Waals surface area (Å²) in [6, 6.07) is 9.02. The van der Waals surface area contributed by atoms with E-state index in [9.17, 15) is 4.91 Å². The normalized spacial score (nSPS) is 12.3. The van der Waals surface area contributed by atoms with Crippen molar-refractivity contribution in [2.45, 2.75) is 12.6 Å². The van der Waals surface area contributed by atoms with Crippen LogP contribution < -0.4 is 0 Å². The molecule has 1 aromatic carbocycles. The van der Waals surface area contributed by atoms with Gasteiger partial charge >= 0.3 is 0 Å². The van der Waals surface area contributed by atoms with Crippen molar-refractivity contribution in [1.29, 1.82) is 0 Å². The number of rotatable bonds is 4. The Morgan fingerprint density at radius 1 is 1.33 bits per heavy atom. The first-order valence-corrected chi connectivity index (χ1v) is 4.61. The van der Waals surface area contributed by atoms with Crippen molar-refractivity contribution in [3.8, 4) is 0 Å². The third kappa shape index (κ3) is 2.25. The quantitative estimate of drug-likeness (QED) is 0.710. The van der Waals surface area contributed by atoms with Crippen LogP contribution in [0, 0.1) is 4.91 Å². The number of nitroso groups, excluding NO2 is 1. The van der Waals surface area contributed by atoms with Crippen molar-refractivity contribution in [2.75, 3.05) is 0 Å². The highest BCUT2D eigenvalue weighted by Crippen LogP contribution is 2.18. The summed E-state index contributed by atoms with van der Waals surface area (Å²) in [7, 11) is 0. The fourth-order valence-electron chi connectivity index (χ4n) is 1.38. The Balaban J connectivity index is 2.15. The molecule has 0 aliphatic rings. The lowest BCUT2D eigenvalue weighted by Gasteiger charge is -2.08. The lowest BCUT2D eigenvalue weighted by molar-refractivity contribution is 0.512. The maximum absolute atomic E-state index is 10.7. The Morgan fingerprint density at radius 2 is 2.13 bits per heavy atom. The van der Waals surface area contributed by atoms with E-state index in [0.29, 0.717) is 6.54 Å². The van der Waals surface area contributed by atoms with Gasteiger partial charge in [0.25, 0.3) is 0 Å². The number of nitrogens with zero attached hydrogens (tertiary/aromatic N) is 4. The zero-order chi connectivity index (χ0) is 10.5. The third-order valence-corrected chi connectivity index (χ3v) is 2.14. The van der Waals surface area contributed by atoms with E-state index in [1.54, 1.807) is 17.1 Å². The van der Waals surface area contributed by atoms with Crippen LogP contribution in [-0.4, -0.2) is 15.0 Å². The van der Waals surface area contributed by atoms with Gasteiger partial charge in [-0.3, -0.25) is 0 Å². The molecule has 1 aromatic heterocycles. The van der Waals surface area contributed by atoms with Crippen molar-refractivity contribution < 1.29 is 0 Å². The summed E-state index contributed by atoms with van der Waals surface area (Å²) in [4.78, 5) is 10.7. The van der Waals surface area contributed by atoms with E-state index in [-0.39, 0.29) is 0 Å². The molecular weight excluding hydrogens is 192 g/mol. The van der Waals surface area contributed by atoms with Crippen LogP contribution >= 0.6 is 0 Å². The van der Waals surface area contributed by atoms with Gasteiger partial charge in [0.15, 0.2) is 0 Å². The first-order chi connectivity index (χ1) is 7.40. The first-order valence-electron chi connectivity index (χ1n) is 4.61. The standard InChI is InChI=1S/C10H10N4O/c15-12-10(8-14-7-6-11-13-14)9-4-2-1-3-5-9/h1-7,10H,8H2. The lowest BCUT2D eigenvalue weighted by Crippen LogP contribution is -2.07. The molecule has 0 spiro atoms. The number of benzene rings is 1. The van der Waals surface area contributed by atoms with Crippen molar-refractivity contribution in [3.05, 3.63) is 53.2 Å². The summed E-state index contributed by atoms with van der Waals surface area (Å²) < 4.78 is 1.60. The van der Waals surface area contributed by atoms with E-state index in [1.807, 2.05) is 30.3 Å². The molecule has 0 aliphatic heterocycles. The summed E-state index contributed by atoms with van der Waals surface area (Å²) in [5.74, 6) is 0. The van der Waals surface area contributed by atoms with Gasteiger partial charge in [-0.15, -0.1) is 5.10 Å². The van der Waals surface area contributed by atoms with Crippen molar-refractivity contribution >= 4 is 0 Å². The Labute approximate surface area is 86.7 Å². The second-order valence-electron chi connectivity index (χ2n) is 3.16. The summed E-state index contributed by atoms with van der Waals surface area (Å²) in [5, 5.41) is 10.6. The maximum atomic E-state index is 10.7. The van der Waals surface area contributed by atoms with Gasteiger partial charge in [0, 0.05) is 6.20 Å². The molecule has 1 atom stereocenters. The highest BCUT2D eigenvalue weighted by molar-refractivity contribution is 5.18. The van der Waals surface area contributed by atoms with Gasteiger partial charge in [0.1, 0.15) is 6.04 Å². The molecular formula is C10H10N4O. The molecule has 5 heteroatoms. The molecule has 2 rings (SSSR count). The molecule has 0 amide bonds. The lowest BCUT2D eigenvalue weighted by atomic mass is 10.1. The molecule has 0 bridgehead atoms. The summed E-state index contributed by atoms with van der Waals surface area (Å²) in [6.45, 7) is 0.424. The second-order valence-corrected chi connectivity index (χ2v) is 3.16. The molecule has 0 fully saturated rings.